The predicted octanol–water partition coefficient (Wildman–Crippen LogP) is 5.28. The third-order valence-electron chi connectivity index (χ3n) is 6.30. The van der Waals surface area contributed by atoms with Crippen LogP contribution in [-0.2, 0) is 11.2 Å². The van der Waals surface area contributed by atoms with Crippen LogP contribution in [0.25, 0.3) is 22.0 Å². The van der Waals surface area contributed by atoms with Crippen LogP contribution in [0, 0.1) is 11.6 Å². The normalized spacial score (nSPS) is 15.7. The van der Waals surface area contributed by atoms with Crippen LogP contribution in [0.1, 0.15) is 12.5 Å². The lowest BCUT2D eigenvalue weighted by atomic mass is 10.0. The molecule has 0 radical (unpaired) electrons. The highest BCUT2D eigenvalue weighted by atomic mass is 35.5. The molecule has 0 unspecified atom stereocenters. The average molecular weight is 495 g/mol. The molecular weight excluding hydrogens is 470 g/mol. The monoisotopic (exact) mass is 494 g/mol. The molecule has 1 amide bonds. The molecular formula is C27H25ClF2N4O. The number of halogens is 3. The minimum Gasteiger partial charge on any atom is -0.351 e. The van der Waals surface area contributed by atoms with Crippen LogP contribution in [-0.4, -0.2) is 46.7 Å². The summed E-state index contributed by atoms with van der Waals surface area (Å²) in [5.74, 6) is 0.204. The first-order valence-electron chi connectivity index (χ1n) is 11.3. The van der Waals surface area contributed by atoms with E-state index >= 15 is 0 Å². The van der Waals surface area contributed by atoms with Gasteiger partial charge in [0.15, 0.2) is 5.82 Å². The van der Waals surface area contributed by atoms with Crippen LogP contribution >= 0.6 is 12.4 Å². The van der Waals surface area contributed by atoms with Crippen molar-refractivity contribution < 1.29 is 13.6 Å². The Morgan fingerprint density at radius 1 is 0.886 bits per heavy atom. The number of carbonyl (C=O) groups excluding carboxylic acids is 1. The summed E-state index contributed by atoms with van der Waals surface area (Å²) in [4.78, 5) is 16.9. The summed E-state index contributed by atoms with van der Waals surface area (Å²) in [6.45, 7) is 3.85. The van der Waals surface area contributed by atoms with E-state index in [4.69, 9.17) is 0 Å². The maximum Gasteiger partial charge on any atom is 0.227 e. The van der Waals surface area contributed by atoms with Crippen molar-refractivity contribution in [3.8, 4) is 11.3 Å². The quantitative estimate of drug-likeness (QED) is 0.387. The highest BCUT2D eigenvalue weighted by Gasteiger charge is 2.29. The second kappa shape index (κ2) is 10.4. The zero-order valence-electron chi connectivity index (χ0n) is 19.2. The maximum atomic E-state index is 13.4. The van der Waals surface area contributed by atoms with Crippen molar-refractivity contribution in [1.82, 2.24) is 15.1 Å². The molecule has 1 saturated heterocycles. The summed E-state index contributed by atoms with van der Waals surface area (Å²) in [6, 6.07) is 20.2. The molecule has 1 aliphatic heterocycles. The lowest BCUT2D eigenvalue weighted by Gasteiger charge is -2.40. The number of rotatable bonds is 4. The highest BCUT2D eigenvalue weighted by molar-refractivity contribution is 6.00. The van der Waals surface area contributed by atoms with E-state index in [0.29, 0.717) is 25.3 Å². The molecule has 0 bridgehead atoms. The number of piperazine rings is 1. The number of anilines is 1. The van der Waals surface area contributed by atoms with Gasteiger partial charge in [0, 0.05) is 42.0 Å². The topological polar surface area (TPSA) is 49.3 Å². The fourth-order valence-corrected chi connectivity index (χ4v) is 4.54. The van der Waals surface area contributed by atoms with Crippen LogP contribution in [0.5, 0.6) is 0 Å². The van der Waals surface area contributed by atoms with E-state index in [2.05, 4.69) is 15.1 Å². The molecule has 1 atom stereocenters. The molecule has 5 nitrogen and oxygen atoms in total. The Bertz CT molecular complexity index is 1330. The number of benzene rings is 3. The van der Waals surface area contributed by atoms with E-state index in [1.165, 1.54) is 24.3 Å². The predicted molar refractivity (Wildman–Crippen MR) is 136 cm³/mol. The van der Waals surface area contributed by atoms with Gasteiger partial charge in [-0.25, -0.2) is 8.78 Å². The van der Waals surface area contributed by atoms with Gasteiger partial charge in [-0.2, -0.15) is 0 Å². The van der Waals surface area contributed by atoms with E-state index in [-0.39, 0.29) is 42.4 Å². The van der Waals surface area contributed by atoms with Gasteiger partial charge in [0.25, 0.3) is 0 Å². The van der Waals surface area contributed by atoms with E-state index in [1.54, 1.807) is 24.3 Å². The van der Waals surface area contributed by atoms with Crippen molar-refractivity contribution in [2.45, 2.75) is 19.4 Å². The molecule has 8 heteroatoms. The lowest BCUT2D eigenvalue weighted by Crippen LogP contribution is -2.54. The zero-order chi connectivity index (χ0) is 23.7. The molecule has 1 fully saturated rings. The molecule has 0 spiro atoms. The van der Waals surface area contributed by atoms with Gasteiger partial charge in [-0.15, -0.1) is 22.6 Å². The van der Waals surface area contributed by atoms with Gasteiger partial charge in [0.05, 0.1) is 6.42 Å². The van der Waals surface area contributed by atoms with Crippen LogP contribution in [0.3, 0.4) is 0 Å². The molecule has 1 aromatic heterocycles. The maximum absolute atomic E-state index is 13.4. The number of carbonyl (C=O) groups is 1. The summed E-state index contributed by atoms with van der Waals surface area (Å²) in [5.41, 5.74) is 2.32. The molecule has 0 aliphatic carbocycles. The summed E-state index contributed by atoms with van der Waals surface area (Å²) < 4.78 is 26.6. The number of aromatic nitrogens is 2. The minimum absolute atomic E-state index is 0. The Morgan fingerprint density at radius 2 is 1.51 bits per heavy atom. The second-order valence-corrected chi connectivity index (χ2v) is 8.61. The molecule has 3 aromatic carbocycles. The average Bonchev–Trinajstić information content (AvgIpc) is 2.85. The van der Waals surface area contributed by atoms with Crippen molar-refractivity contribution in [2.24, 2.45) is 0 Å². The van der Waals surface area contributed by atoms with Crippen molar-refractivity contribution in [3.05, 3.63) is 90.0 Å². The van der Waals surface area contributed by atoms with Crippen LogP contribution < -0.4 is 4.90 Å². The Labute approximate surface area is 208 Å². The van der Waals surface area contributed by atoms with E-state index in [0.717, 1.165) is 27.7 Å². The van der Waals surface area contributed by atoms with E-state index in [9.17, 15) is 13.6 Å². The largest absolute Gasteiger partial charge is 0.351 e. The fourth-order valence-electron chi connectivity index (χ4n) is 4.54. The molecule has 35 heavy (non-hydrogen) atoms. The Morgan fingerprint density at radius 3 is 2.17 bits per heavy atom. The summed E-state index contributed by atoms with van der Waals surface area (Å²) in [7, 11) is 0. The van der Waals surface area contributed by atoms with Crippen molar-refractivity contribution >= 4 is 34.9 Å². The molecule has 1 aliphatic rings. The number of amides is 1. The number of fused-ring (bicyclic) bond motifs is 1. The molecule has 180 valence electrons. The third-order valence-corrected chi connectivity index (χ3v) is 6.30. The smallest absolute Gasteiger partial charge is 0.227 e. The number of nitrogens with zero attached hydrogens (tertiary/aromatic N) is 4. The first-order valence-corrected chi connectivity index (χ1v) is 11.3. The Hall–Kier alpha value is -3.58. The summed E-state index contributed by atoms with van der Waals surface area (Å²) >= 11 is 0. The van der Waals surface area contributed by atoms with Gasteiger partial charge in [-0.05, 0) is 48.9 Å². The van der Waals surface area contributed by atoms with E-state index in [1.807, 2.05) is 36.1 Å². The molecule has 4 aromatic rings. The van der Waals surface area contributed by atoms with Crippen LogP contribution in [0.15, 0.2) is 72.8 Å². The standard InChI is InChI=1S/C27H24F2N4O.ClH/c1-18-17-32(14-15-33(18)25(34)16-19-6-10-21(28)11-7-19)27-24-5-3-2-4-23(24)26(30-31-27)20-8-12-22(29)13-9-20;/h2-13,18H,14-17H2,1H3;1H/t18-;/m0./s1. The van der Waals surface area contributed by atoms with Gasteiger partial charge in [0.1, 0.15) is 17.3 Å². The molecule has 5 rings (SSSR count). The number of hydrogen-bond donors (Lipinski definition) is 0. The zero-order valence-corrected chi connectivity index (χ0v) is 20.0. The molecule has 0 N–H and O–H groups in total. The fraction of sp³-hybridized carbons (Fsp3) is 0.222. The third kappa shape index (κ3) is 5.10. The van der Waals surface area contributed by atoms with Crippen molar-refractivity contribution in [3.63, 3.8) is 0 Å². The van der Waals surface area contributed by atoms with Crippen LogP contribution in [0.2, 0.25) is 0 Å². The molecule has 2 heterocycles. The van der Waals surface area contributed by atoms with Crippen LogP contribution in [0.4, 0.5) is 14.6 Å². The molecule has 0 saturated carbocycles. The number of hydrogen-bond acceptors (Lipinski definition) is 4. The van der Waals surface area contributed by atoms with E-state index < -0.39 is 0 Å². The Balaban J connectivity index is 0.00000289. The van der Waals surface area contributed by atoms with Gasteiger partial charge < -0.3 is 9.80 Å². The van der Waals surface area contributed by atoms with Gasteiger partial charge in [0.2, 0.25) is 5.91 Å². The summed E-state index contributed by atoms with van der Waals surface area (Å²) in [6.07, 6.45) is 0.250. The first-order chi connectivity index (χ1) is 16.5. The van der Waals surface area contributed by atoms with Gasteiger partial charge in [-0.3, -0.25) is 4.79 Å². The van der Waals surface area contributed by atoms with Crippen molar-refractivity contribution in [2.75, 3.05) is 24.5 Å². The van der Waals surface area contributed by atoms with Gasteiger partial charge >= 0.3 is 0 Å². The lowest BCUT2D eigenvalue weighted by molar-refractivity contribution is -0.132. The first kappa shape index (κ1) is 24.5. The minimum atomic E-state index is -0.308. The van der Waals surface area contributed by atoms with Crippen molar-refractivity contribution in [1.29, 1.82) is 0 Å². The second-order valence-electron chi connectivity index (χ2n) is 8.61. The SMILES string of the molecule is C[C@H]1CN(c2nnc(-c3ccc(F)cc3)c3ccccc23)CCN1C(=O)Cc1ccc(F)cc1.Cl. The Kier molecular flexibility index (Phi) is 7.26. The summed E-state index contributed by atoms with van der Waals surface area (Å²) in [5, 5.41) is 11.0. The van der Waals surface area contributed by atoms with Gasteiger partial charge in [-0.1, -0.05) is 36.4 Å². The highest BCUT2D eigenvalue weighted by Crippen LogP contribution is 2.32.